The molecule has 0 saturated carbocycles. The first kappa shape index (κ1) is 28.9. The van der Waals surface area contributed by atoms with Crippen molar-refractivity contribution in [2.24, 2.45) is 5.16 Å². The van der Waals surface area contributed by atoms with Crippen molar-refractivity contribution < 1.29 is 14.7 Å². The quantitative estimate of drug-likeness (QED) is 0.0397. The van der Waals surface area contributed by atoms with Gasteiger partial charge >= 0.3 is 0 Å². The summed E-state index contributed by atoms with van der Waals surface area (Å²) in [5.41, 5.74) is 5.92. The van der Waals surface area contributed by atoms with Gasteiger partial charge in [-0.2, -0.15) is 0 Å². The van der Waals surface area contributed by atoms with Crippen LogP contribution in [0.1, 0.15) is 46.8 Å². The first-order valence-electron chi connectivity index (χ1n) is 13.8. The second-order valence-electron chi connectivity index (χ2n) is 9.91. The highest BCUT2D eigenvalue weighted by atomic mass is 35.5. The third-order valence-electron chi connectivity index (χ3n) is 7.27. The predicted molar refractivity (Wildman–Crippen MR) is 170 cm³/mol. The van der Waals surface area contributed by atoms with E-state index in [1.165, 1.54) is 0 Å². The molecule has 0 saturated heterocycles. The van der Waals surface area contributed by atoms with Crippen LogP contribution in [0.5, 0.6) is 0 Å². The molecule has 41 heavy (non-hydrogen) atoms. The van der Waals surface area contributed by atoms with Crippen LogP contribution in [0.4, 0.5) is 0 Å². The van der Waals surface area contributed by atoms with Crippen molar-refractivity contribution in [2.75, 3.05) is 19.0 Å². The normalized spacial score (nSPS) is 11.9. The molecule has 0 aliphatic rings. The molecule has 0 fully saturated rings. The zero-order valence-electron chi connectivity index (χ0n) is 23.3. The number of aryl methyl sites for hydroxylation is 1. The number of benzene rings is 4. The summed E-state index contributed by atoms with van der Waals surface area (Å²) in [7, 11) is 0. The SMILES string of the molecule is CCOCCn1c2ccc(C(=O)c3ccccc3C)cc2c2cc(/C(CCCSc3ccc(Cl)cc3)=N/O)ccc21. The minimum Gasteiger partial charge on any atom is -0.411 e. The molecule has 5 nitrogen and oxygen atoms in total. The van der Waals surface area contributed by atoms with Gasteiger partial charge in [0.2, 0.25) is 0 Å². The van der Waals surface area contributed by atoms with Crippen LogP contribution in [0.15, 0.2) is 95.0 Å². The number of halogens is 1. The van der Waals surface area contributed by atoms with Crippen LogP contribution >= 0.6 is 23.4 Å². The van der Waals surface area contributed by atoms with E-state index >= 15 is 0 Å². The van der Waals surface area contributed by atoms with Gasteiger partial charge in [0.25, 0.3) is 0 Å². The maximum atomic E-state index is 13.5. The number of rotatable bonds is 12. The summed E-state index contributed by atoms with van der Waals surface area (Å²) < 4.78 is 7.91. The van der Waals surface area contributed by atoms with Crippen LogP contribution < -0.4 is 0 Å². The number of fused-ring (bicyclic) bond motifs is 3. The molecule has 0 spiro atoms. The number of hydrogen-bond acceptors (Lipinski definition) is 5. The van der Waals surface area contributed by atoms with E-state index in [0.717, 1.165) is 55.0 Å². The first-order valence-corrected chi connectivity index (χ1v) is 15.2. The largest absolute Gasteiger partial charge is 0.411 e. The second-order valence-corrected chi connectivity index (χ2v) is 11.5. The number of oxime groups is 1. The Kier molecular flexibility index (Phi) is 9.45. The highest BCUT2D eigenvalue weighted by Gasteiger charge is 2.17. The molecule has 5 aromatic rings. The summed E-state index contributed by atoms with van der Waals surface area (Å²) in [4.78, 5) is 14.6. The number of hydrogen-bond donors (Lipinski definition) is 1. The molecular formula is C34H33ClN2O3S. The lowest BCUT2D eigenvalue weighted by Gasteiger charge is -2.09. The Morgan fingerprint density at radius 2 is 1.63 bits per heavy atom. The van der Waals surface area contributed by atoms with Crippen LogP contribution in [-0.4, -0.2) is 40.2 Å². The minimum absolute atomic E-state index is 0.00664. The number of aromatic nitrogens is 1. The van der Waals surface area contributed by atoms with Gasteiger partial charge in [-0.15, -0.1) is 11.8 Å². The van der Waals surface area contributed by atoms with Gasteiger partial charge in [-0.25, -0.2) is 0 Å². The lowest BCUT2D eigenvalue weighted by molar-refractivity contribution is 0.103. The zero-order valence-corrected chi connectivity index (χ0v) is 24.8. The van der Waals surface area contributed by atoms with Gasteiger partial charge in [-0.1, -0.05) is 47.1 Å². The predicted octanol–water partition coefficient (Wildman–Crippen LogP) is 8.77. The van der Waals surface area contributed by atoms with E-state index in [1.54, 1.807) is 11.8 Å². The molecule has 0 amide bonds. The van der Waals surface area contributed by atoms with E-state index in [4.69, 9.17) is 16.3 Å². The van der Waals surface area contributed by atoms with Crippen LogP contribution in [0.3, 0.4) is 0 Å². The van der Waals surface area contributed by atoms with Crippen molar-refractivity contribution in [2.45, 2.75) is 38.1 Å². The number of ketones is 1. The Morgan fingerprint density at radius 3 is 2.32 bits per heavy atom. The molecule has 0 aliphatic heterocycles. The fraction of sp³-hybridized carbons (Fsp3) is 0.235. The third-order valence-corrected chi connectivity index (χ3v) is 8.62. The van der Waals surface area contributed by atoms with E-state index in [0.29, 0.717) is 43.0 Å². The second kappa shape index (κ2) is 13.4. The van der Waals surface area contributed by atoms with E-state index < -0.39 is 0 Å². The first-order chi connectivity index (χ1) is 20.0. The molecule has 1 heterocycles. The molecular weight excluding hydrogens is 552 g/mol. The van der Waals surface area contributed by atoms with E-state index in [2.05, 4.69) is 21.9 Å². The Hall–Kier alpha value is -3.58. The fourth-order valence-electron chi connectivity index (χ4n) is 5.16. The van der Waals surface area contributed by atoms with Crippen LogP contribution in [0.25, 0.3) is 21.8 Å². The average molecular weight is 585 g/mol. The number of carbonyl (C=O) groups is 1. The smallest absolute Gasteiger partial charge is 0.193 e. The third kappa shape index (κ3) is 6.51. The number of nitrogens with zero attached hydrogens (tertiary/aromatic N) is 2. The van der Waals surface area contributed by atoms with Gasteiger partial charge in [0.05, 0.1) is 12.3 Å². The van der Waals surface area contributed by atoms with Crippen molar-refractivity contribution in [1.82, 2.24) is 4.57 Å². The molecule has 0 unspecified atom stereocenters. The maximum absolute atomic E-state index is 13.5. The van der Waals surface area contributed by atoms with Crippen molar-refractivity contribution in [3.63, 3.8) is 0 Å². The molecule has 1 aromatic heterocycles. The lowest BCUT2D eigenvalue weighted by atomic mass is 9.97. The average Bonchev–Trinajstić information content (AvgIpc) is 3.30. The van der Waals surface area contributed by atoms with Gasteiger partial charge in [-0.3, -0.25) is 4.79 Å². The number of ether oxygens (including phenoxy) is 1. The molecule has 0 aliphatic carbocycles. The molecule has 5 rings (SSSR count). The van der Waals surface area contributed by atoms with Gasteiger partial charge in [-0.05, 0) is 92.6 Å². The topological polar surface area (TPSA) is 63.8 Å². The molecule has 4 aromatic carbocycles. The summed E-state index contributed by atoms with van der Waals surface area (Å²) in [6, 6.07) is 27.6. The Morgan fingerprint density at radius 1 is 0.951 bits per heavy atom. The standard InChI is InChI=1S/C34H33ClN2O3S/c1-3-40-19-18-37-32-16-10-24(31(36-39)9-6-20-41-27-14-12-26(35)13-15-27)21-29(32)30-22-25(11-17-33(30)37)34(38)28-8-5-4-7-23(28)2/h4-5,7-8,10-17,21-22,39H,3,6,9,18-20H2,1-2H3/b36-31+. The van der Waals surface area contributed by atoms with Gasteiger partial charge in [0, 0.05) is 61.6 Å². The fourth-order valence-corrected chi connectivity index (χ4v) is 6.14. The van der Waals surface area contributed by atoms with Gasteiger partial charge in [0.15, 0.2) is 5.78 Å². The summed E-state index contributed by atoms with van der Waals surface area (Å²) in [5, 5.41) is 16.3. The van der Waals surface area contributed by atoms with Crippen molar-refractivity contribution in [3.8, 4) is 0 Å². The number of carbonyl (C=O) groups excluding carboxylic acids is 1. The van der Waals surface area contributed by atoms with E-state index in [-0.39, 0.29) is 5.78 Å². The van der Waals surface area contributed by atoms with E-state index in [1.807, 2.05) is 86.6 Å². The summed E-state index contributed by atoms with van der Waals surface area (Å²) in [6.07, 6.45) is 1.50. The lowest BCUT2D eigenvalue weighted by Crippen LogP contribution is -2.06. The number of thioether (sulfide) groups is 1. The molecule has 0 radical (unpaired) electrons. The Bertz CT molecular complexity index is 1710. The molecule has 0 atom stereocenters. The van der Waals surface area contributed by atoms with Crippen LogP contribution in [0, 0.1) is 6.92 Å². The van der Waals surface area contributed by atoms with Crippen LogP contribution in [0.2, 0.25) is 5.02 Å². The molecule has 0 bridgehead atoms. The van der Waals surface area contributed by atoms with E-state index in [9.17, 15) is 10.0 Å². The van der Waals surface area contributed by atoms with Gasteiger partial charge in [0.1, 0.15) is 0 Å². The maximum Gasteiger partial charge on any atom is 0.193 e. The zero-order chi connectivity index (χ0) is 28.8. The summed E-state index contributed by atoms with van der Waals surface area (Å²) in [5.74, 6) is 0.900. The highest BCUT2D eigenvalue weighted by Crippen LogP contribution is 2.32. The highest BCUT2D eigenvalue weighted by molar-refractivity contribution is 7.99. The molecule has 210 valence electrons. The minimum atomic E-state index is 0.00664. The summed E-state index contributed by atoms with van der Waals surface area (Å²) >= 11 is 7.75. The monoisotopic (exact) mass is 584 g/mol. The van der Waals surface area contributed by atoms with Crippen LogP contribution in [-0.2, 0) is 11.3 Å². The van der Waals surface area contributed by atoms with Crippen molar-refractivity contribution in [1.29, 1.82) is 0 Å². The van der Waals surface area contributed by atoms with Crippen molar-refractivity contribution >= 4 is 56.7 Å². The Labute approximate surface area is 249 Å². The Balaban J connectivity index is 1.46. The summed E-state index contributed by atoms with van der Waals surface area (Å²) in [6.45, 7) is 5.90. The molecule has 7 heteroatoms. The molecule has 1 N–H and O–H groups in total. The van der Waals surface area contributed by atoms with Gasteiger partial charge < -0.3 is 14.5 Å². The van der Waals surface area contributed by atoms with Crippen molar-refractivity contribution in [3.05, 3.63) is 112 Å².